The van der Waals surface area contributed by atoms with Crippen molar-refractivity contribution in [1.82, 2.24) is 14.8 Å². The Bertz CT molecular complexity index is 1180. The van der Waals surface area contributed by atoms with Crippen LogP contribution < -0.4 is 4.90 Å². The minimum Gasteiger partial charge on any atom is -0.409 e. The van der Waals surface area contributed by atoms with Gasteiger partial charge in [-0.3, -0.25) is 10.1 Å². The van der Waals surface area contributed by atoms with Crippen molar-refractivity contribution in [2.24, 2.45) is 0 Å². The lowest BCUT2D eigenvalue weighted by molar-refractivity contribution is -0.917. The zero-order valence-corrected chi connectivity index (χ0v) is 16.5. The molecule has 1 unspecified atom stereocenters. The molecular weight excluding hydrogens is 398 g/mol. The SMILES string of the molecule is C[NH+](Cc1nc2ccccc2s1)Cn1nc(-c2cccc([N+](=O)[O-])c2)oc1=S. The molecule has 4 rings (SSSR count). The fourth-order valence-electron chi connectivity index (χ4n) is 2.84. The molecule has 0 amide bonds. The fourth-order valence-corrected chi connectivity index (χ4v) is 4.11. The molecule has 10 heteroatoms. The highest BCUT2D eigenvalue weighted by molar-refractivity contribution is 7.71. The van der Waals surface area contributed by atoms with Crippen molar-refractivity contribution in [2.75, 3.05) is 7.05 Å². The van der Waals surface area contributed by atoms with E-state index in [-0.39, 0.29) is 16.4 Å². The number of nitrogens with one attached hydrogen (secondary N) is 1. The average molecular weight is 414 g/mol. The number of para-hydroxylation sites is 1. The van der Waals surface area contributed by atoms with E-state index in [4.69, 9.17) is 16.6 Å². The van der Waals surface area contributed by atoms with Gasteiger partial charge in [0.25, 0.3) is 10.5 Å². The summed E-state index contributed by atoms with van der Waals surface area (Å²) in [5, 5.41) is 16.4. The highest BCUT2D eigenvalue weighted by atomic mass is 32.1. The number of quaternary nitrogens is 1. The zero-order valence-electron chi connectivity index (χ0n) is 14.9. The summed E-state index contributed by atoms with van der Waals surface area (Å²) < 4.78 is 8.30. The molecule has 1 atom stereocenters. The minimum atomic E-state index is -0.453. The molecule has 0 saturated heterocycles. The van der Waals surface area contributed by atoms with Crippen LogP contribution in [0.15, 0.2) is 52.9 Å². The van der Waals surface area contributed by atoms with Crippen LogP contribution in [0.4, 0.5) is 5.69 Å². The van der Waals surface area contributed by atoms with Gasteiger partial charge in [-0.1, -0.05) is 18.2 Å². The fraction of sp³-hybridized carbons (Fsp3) is 0.167. The van der Waals surface area contributed by atoms with Crippen LogP contribution in [0, 0.1) is 15.0 Å². The second kappa shape index (κ2) is 7.58. The van der Waals surface area contributed by atoms with E-state index in [1.807, 2.05) is 25.2 Å². The molecular formula is C18H16N5O3S2+. The Morgan fingerprint density at radius 2 is 2.11 bits per heavy atom. The summed E-state index contributed by atoms with van der Waals surface area (Å²) in [4.78, 5) is 16.5. The van der Waals surface area contributed by atoms with E-state index in [1.165, 1.54) is 12.1 Å². The maximum Gasteiger partial charge on any atom is 0.292 e. The number of aromatic nitrogens is 3. The largest absolute Gasteiger partial charge is 0.409 e. The normalized spacial score (nSPS) is 12.3. The smallest absolute Gasteiger partial charge is 0.292 e. The maximum absolute atomic E-state index is 11.0. The molecule has 28 heavy (non-hydrogen) atoms. The predicted octanol–water partition coefficient (Wildman–Crippen LogP) is 3.06. The van der Waals surface area contributed by atoms with Gasteiger partial charge in [0.1, 0.15) is 11.6 Å². The molecule has 142 valence electrons. The Balaban J connectivity index is 1.51. The number of benzene rings is 2. The topological polar surface area (TPSA) is 91.4 Å². The summed E-state index contributed by atoms with van der Waals surface area (Å²) in [6.07, 6.45) is 0. The van der Waals surface area contributed by atoms with Crippen LogP contribution in [0.25, 0.3) is 21.7 Å². The van der Waals surface area contributed by atoms with Crippen molar-refractivity contribution in [3.8, 4) is 11.5 Å². The molecule has 0 aliphatic heterocycles. The van der Waals surface area contributed by atoms with Crippen molar-refractivity contribution >= 4 is 39.5 Å². The lowest BCUT2D eigenvalue weighted by Crippen LogP contribution is -3.07. The van der Waals surface area contributed by atoms with Crippen molar-refractivity contribution in [3.05, 3.63) is 68.5 Å². The second-order valence-corrected chi connectivity index (χ2v) is 7.81. The first-order valence-corrected chi connectivity index (χ1v) is 9.70. The third-order valence-corrected chi connectivity index (χ3v) is 5.45. The van der Waals surface area contributed by atoms with E-state index in [2.05, 4.69) is 16.1 Å². The van der Waals surface area contributed by atoms with Gasteiger partial charge in [-0.2, -0.15) is 4.68 Å². The van der Waals surface area contributed by atoms with Crippen molar-refractivity contribution in [1.29, 1.82) is 0 Å². The standard InChI is InChI=1S/C18H15N5O3S2/c1-21(10-16-19-14-7-2-3-8-15(14)28-16)11-22-18(27)26-17(20-22)12-5-4-6-13(9-12)23(24)25/h2-9H,10-11H2,1H3/p+1. The van der Waals surface area contributed by atoms with Crippen molar-refractivity contribution < 1.29 is 14.2 Å². The number of hydrogen-bond donors (Lipinski definition) is 1. The van der Waals surface area contributed by atoms with Crippen LogP contribution in [0.1, 0.15) is 5.01 Å². The number of nitro benzene ring substituents is 1. The molecule has 2 heterocycles. The molecule has 0 aliphatic carbocycles. The highest BCUT2D eigenvalue weighted by Crippen LogP contribution is 2.23. The second-order valence-electron chi connectivity index (χ2n) is 6.35. The van der Waals surface area contributed by atoms with Gasteiger partial charge in [-0.15, -0.1) is 16.4 Å². The van der Waals surface area contributed by atoms with E-state index in [0.717, 1.165) is 26.7 Å². The van der Waals surface area contributed by atoms with Crippen molar-refractivity contribution in [3.63, 3.8) is 0 Å². The number of hydrogen-bond acceptors (Lipinski definition) is 7. The summed E-state index contributed by atoms with van der Waals surface area (Å²) >= 11 is 6.94. The van der Waals surface area contributed by atoms with Gasteiger partial charge in [0, 0.05) is 17.7 Å². The van der Waals surface area contributed by atoms with E-state index in [9.17, 15) is 10.1 Å². The van der Waals surface area contributed by atoms with Gasteiger partial charge in [-0.05, 0) is 30.4 Å². The molecule has 0 saturated carbocycles. The summed E-state index contributed by atoms with van der Waals surface area (Å²) in [5.74, 6) is 0.265. The molecule has 0 spiro atoms. The first-order chi connectivity index (χ1) is 13.5. The summed E-state index contributed by atoms with van der Waals surface area (Å²) in [6.45, 7) is 1.22. The first kappa shape index (κ1) is 18.4. The maximum atomic E-state index is 11.0. The van der Waals surface area contributed by atoms with Gasteiger partial charge < -0.3 is 9.32 Å². The van der Waals surface area contributed by atoms with E-state index in [1.54, 1.807) is 28.2 Å². The Kier molecular flexibility index (Phi) is 4.99. The number of rotatable bonds is 6. The third kappa shape index (κ3) is 3.84. The van der Waals surface area contributed by atoms with Crippen LogP contribution in [0.5, 0.6) is 0 Å². The number of non-ortho nitro benzene ring substituents is 1. The molecule has 2 aromatic heterocycles. The molecule has 0 fully saturated rings. The molecule has 4 aromatic rings. The van der Waals surface area contributed by atoms with Crippen LogP contribution >= 0.6 is 23.6 Å². The van der Waals surface area contributed by atoms with Crippen LogP contribution in [0.3, 0.4) is 0 Å². The number of nitrogens with zero attached hydrogens (tertiary/aromatic N) is 4. The predicted molar refractivity (Wildman–Crippen MR) is 108 cm³/mol. The molecule has 1 N–H and O–H groups in total. The van der Waals surface area contributed by atoms with Gasteiger partial charge in [0.2, 0.25) is 5.89 Å². The van der Waals surface area contributed by atoms with Gasteiger partial charge in [0.15, 0.2) is 6.67 Å². The highest BCUT2D eigenvalue weighted by Gasteiger charge is 2.15. The molecule has 0 aliphatic rings. The monoisotopic (exact) mass is 414 g/mol. The van der Waals surface area contributed by atoms with Gasteiger partial charge in [-0.25, -0.2) is 4.98 Å². The number of fused-ring (bicyclic) bond motifs is 1. The quantitative estimate of drug-likeness (QED) is 0.296. The first-order valence-electron chi connectivity index (χ1n) is 8.48. The minimum absolute atomic E-state index is 0.0215. The zero-order chi connectivity index (χ0) is 19.7. The van der Waals surface area contributed by atoms with Gasteiger partial charge in [0.05, 0.1) is 22.2 Å². The van der Waals surface area contributed by atoms with Crippen molar-refractivity contribution in [2.45, 2.75) is 13.2 Å². The molecule has 8 nitrogen and oxygen atoms in total. The van der Waals surface area contributed by atoms with Crippen LogP contribution in [-0.2, 0) is 13.2 Å². The third-order valence-electron chi connectivity index (χ3n) is 4.12. The molecule has 2 aromatic carbocycles. The van der Waals surface area contributed by atoms with Gasteiger partial charge >= 0.3 is 0 Å². The van der Waals surface area contributed by atoms with E-state index in [0.29, 0.717) is 12.2 Å². The molecule has 0 bridgehead atoms. The van der Waals surface area contributed by atoms with Crippen LogP contribution in [0.2, 0.25) is 0 Å². The Morgan fingerprint density at radius 1 is 1.29 bits per heavy atom. The Hall–Kier alpha value is -2.95. The number of thiazole rings is 1. The summed E-state index contributed by atoms with van der Waals surface area (Å²) in [6, 6.07) is 14.2. The summed E-state index contributed by atoms with van der Waals surface area (Å²) in [5.41, 5.74) is 1.50. The Morgan fingerprint density at radius 3 is 2.89 bits per heavy atom. The van der Waals surface area contributed by atoms with E-state index >= 15 is 0 Å². The van der Waals surface area contributed by atoms with Crippen LogP contribution in [-0.4, -0.2) is 26.7 Å². The lowest BCUT2D eigenvalue weighted by Gasteiger charge is -2.11. The average Bonchev–Trinajstić information content (AvgIpc) is 3.24. The van der Waals surface area contributed by atoms with E-state index < -0.39 is 4.92 Å². The summed E-state index contributed by atoms with van der Waals surface area (Å²) in [7, 11) is 2.02. The lowest BCUT2D eigenvalue weighted by atomic mass is 10.2. The Labute approximate surface area is 168 Å². The molecule has 0 radical (unpaired) electrons. The number of nitro groups is 1.